The van der Waals surface area contributed by atoms with Crippen LogP contribution >= 0.6 is 0 Å². The molecule has 3 heterocycles. The van der Waals surface area contributed by atoms with E-state index >= 15 is 0 Å². The molecule has 1 aliphatic heterocycles. The van der Waals surface area contributed by atoms with E-state index in [0.29, 0.717) is 6.54 Å². The van der Waals surface area contributed by atoms with Gasteiger partial charge in [0.2, 0.25) is 11.7 Å². The minimum Gasteiger partial charge on any atom is -0.467 e. The summed E-state index contributed by atoms with van der Waals surface area (Å²) in [5.41, 5.74) is 5.42. The fraction of sp³-hybridized carbons (Fsp3) is 0.600. The van der Waals surface area contributed by atoms with E-state index in [1.807, 2.05) is 12.1 Å². The number of amides is 1. The van der Waals surface area contributed by atoms with E-state index in [0.717, 1.165) is 43.9 Å². The number of piperidine rings is 1. The van der Waals surface area contributed by atoms with Crippen molar-refractivity contribution in [3.8, 4) is 0 Å². The average Bonchev–Trinajstić information content (AvgIpc) is 3.22. The Morgan fingerprint density at radius 2 is 2.30 bits per heavy atom. The Balaban J connectivity index is 1.72. The summed E-state index contributed by atoms with van der Waals surface area (Å²) in [6, 6.07) is 3.99. The number of quaternary nitrogens is 1. The maximum absolute atomic E-state index is 11.3. The zero-order valence-corrected chi connectivity index (χ0v) is 13.3. The van der Waals surface area contributed by atoms with Crippen LogP contribution in [-0.4, -0.2) is 39.2 Å². The van der Waals surface area contributed by atoms with E-state index < -0.39 is 0 Å². The number of nitrogens with one attached hydrogen (secondary N) is 1. The lowest BCUT2D eigenvalue weighted by Gasteiger charge is -2.32. The fourth-order valence-electron chi connectivity index (χ4n) is 3.40. The molecule has 3 N–H and O–H groups in total. The molecule has 1 amide bonds. The first-order chi connectivity index (χ1) is 11.2. The monoisotopic (exact) mass is 319 g/mol. The van der Waals surface area contributed by atoms with Crippen molar-refractivity contribution in [2.75, 3.05) is 13.1 Å². The highest BCUT2D eigenvalue weighted by Gasteiger charge is 2.33. The first kappa shape index (κ1) is 15.7. The molecule has 8 heteroatoms. The molecule has 0 aliphatic carbocycles. The van der Waals surface area contributed by atoms with Crippen LogP contribution in [0.2, 0.25) is 0 Å². The van der Waals surface area contributed by atoms with Gasteiger partial charge in [-0.3, -0.25) is 4.79 Å². The minimum absolute atomic E-state index is 0.00960. The van der Waals surface area contributed by atoms with E-state index in [9.17, 15) is 4.79 Å². The molecular formula is C15H23N6O2+. The summed E-state index contributed by atoms with van der Waals surface area (Å²) in [6.45, 7) is 4.51. The standard InChI is InChI=1S/C15H22N6O2/c1-2-13(20-7-5-11(6-8-20)14(16)22)15-17-18-19-21(15)10-12-4-3-9-23-12/h3-4,9,11,13H,2,5-8,10H2,1H3,(H2,16,22)/p+1/t13-/m1/s1. The van der Waals surface area contributed by atoms with E-state index in [1.54, 1.807) is 10.9 Å². The zero-order valence-electron chi connectivity index (χ0n) is 13.3. The fourth-order valence-corrected chi connectivity index (χ4v) is 3.40. The van der Waals surface area contributed by atoms with Gasteiger partial charge in [0.1, 0.15) is 18.3 Å². The van der Waals surface area contributed by atoms with Crippen LogP contribution in [0, 0.1) is 5.92 Å². The largest absolute Gasteiger partial charge is 0.467 e. The van der Waals surface area contributed by atoms with Crippen molar-refractivity contribution in [3.63, 3.8) is 0 Å². The Morgan fingerprint density at radius 1 is 1.52 bits per heavy atom. The number of primary amides is 1. The molecule has 0 aromatic carbocycles. The smallest absolute Gasteiger partial charge is 0.220 e. The highest BCUT2D eigenvalue weighted by atomic mass is 16.3. The lowest BCUT2D eigenvalue weighted by molar-refractivity contribution is -0.938. The highest BCUT2D eigenvalue weighted by molar-refractivity contribution is 5.76. The van der Waals surface area contributed by atoms with Gasteiger partial charge in [0.25, 0.3) is 0 Å². The molecule has 0 radical (unpaired) electrons. The Kier molecular flexibility index (Phi) is 4.71. The molecule has 124 valence electrons. The Hall–Kier alpha value is -2.22. The van der Waals surface area contributed by atoms with Crippen LogP contribution in [0.1, 0.15) is 43.8 Å². The number of carbonyl (C=O) groups excluding carboxylic acids is 1. The second-order valence-electron chi connectivity index (χ2n) is 6.07. The van der Waals surface area contributed by atoms with Gasteiger partial charge in [-0.15, -0.1) is 5.10 Å². The van der Waals surface area contributed by atoms with Crippen LogP contribution in [0.3, 0.4) is 0 Å². The lowest BCUT2D eigenvalue weighted by Crippen LogP contribution is -3.13. The summed E-state index contributed by atoms with van der Waals surface area (Å²) in [5.74, 6) is 1.53. The van der Waals surface area contributed by atoms with Crippen molar-refractivity contribution in [1.82, 2.24) is 20.2 Å². The number of furan rings is 1. The van der Waals surface area contributed by atoms with Crippen molar-refractivity contribution in [2.24, 2.45) is 11.7 Å². The van der Waals surface area contributed by atoms with Crippen LogP contribution < -0.4 is 10.6 Å². The average molecular weight is 319 g/mol. The molecule has 0 unspecified atom stereocenters. The second kappa shape index (κ2) is 6.91. The number of tetrazole rings is 1. The summed E-state index contributed by atoms with van der Waals surface area (Å²) in [6.07, 6.45) is 4.26. The van der Waals surface area contributed by atoms with Gasteiger partial charge in [-0.1, -0.05) is 6.92 Å². The summed E-state index contributed by atoms with van der Waals surface area (Å²) in [7, 11) is 0. The maximum atomic E-state index is 11.3. The van der Waals surface area contributed by atoms with Gasteiger partial charge in [-0.2, -0.15) is 0 Å². The number of nitrogens with zero attached hydrogens (tertiary/aromatic N) is 4. The van der Waals surface area contributed by atoms with E-state index in [1.165, 1.54) is 4.90 Å². The Bertz CT molecular complexity index is 630. The van der Waals surface area contributed by atoms with Gasteiger partial charge in [-0.25, -0.2) is 4.68 Å². The van der Waals surface area contributed by atoms with Crippen LogP contribution in [-0.2, 0) is 11.3 Å². The summed E-state index contributed by atoms with van der Waals surface area (Å²) < 4.78 is 7.19. The molecule has 1 fully saturated rings. The molecule has 2 aromatic rings. The molecule has 1 atom stereocenters. The molecule has 0 bridgehead atoms. The van der Waals surface area contributed by atoms with Gasteiger partial charge in [0.05, 0.1) is 19.4 Å². The van der Waals surface area contributed by atoms with E-state index in [4.69, 9.17) is 10.2 Å². The van der Waals surface area contributed by atoms with Crippen LogP contribution in [0.25, 0.3) is 0 Å². The number of rotatable bonds is 6. The number of nitrogens with two attached hydrogens (primary N) is 1. The van der Waals surface area contributed by atoms with E-state index in [-0.39, 0.29) is 17.9 Å². The molecule has 1 saturated heterocycles. The first-order valence-electron chi connectivity index (χ1n) is 8.11. The van der Waals surface area contributed by atoms with Gasteiger partial charge >= 0.3 is 0 Å². The van der Waals surface area contributed by atoms with Crippen molar-refractivity contribution in [3.05, 3.63) is 30.0 Å². The highest BCUT2D eigenvalue weighted by Crippen LogP contribution is 2.15. The SMILES string of the molecule is CC[C@H](c1nnnn1Cc1ccco1)[NH+]1CCC(C(N)=O)CC1. The minimum atomic E-state index is -0.181. The molecule has 2 aromatic heterocycles. The molecule has 1 aliphatic rings. The van der Waals surface area contributed by atoms with Crippen molar-refractivity contribution in [2.45, 2.75) is 38.8 Å². The van der Waals surface area contributed by atoms with Crippen LogP contribution in [0.4, 0.5) is 0 Å². The van der Waals surface area contributed by atoms with Gasteiger partial charge in [-0.05, 0) is 22.6 Å². The number of hydrogen-bond acceptors (Lipinski definition) is 5. The summed E-state index contributed by atoms with van der Waals surface area (Å²) >= 11 is 0. The molecular weight excluding hydrogens is 296 g/mol. The third-order valence-electron chi connectivity index (χ3n) is 4.69. The Labute approximate surface area is 134 Å². The van der Waals surface area contributed by atoms with Gasteiger partial charge in [0, 0.05) is 25.2 Å². The maximum Gasteiger partial charge on any atom is 0.220 e. The molecule has 0 spiro atoms. The lowest BCUT2D eigenvalue weighted by atomic mass is 9.94. The molecule has 3 rings (SSSR count). The quantitative estimate of drug-likeness (QED) is 0.750. The summed E-state index contributed by atoms with van der Waals surface area (Å²) in [4.78, 5) is 12.7. The number of likely N-dealkylation sites (tertiary alicyclic amines) is 1. The number of hydrogen-bond donors (Lipinski definition) is 2. The topological polar surface area (TPSA) is 104 Å². The third kappa shape index (κ3) is 3.42. The summed E-state index contributed by atoms with van der Waals surface area (Å²) in [5, 5.41) is 12.2. The van der Waals surface area contributed by atoms with Crippen molar-refractivity contribution in [1.29, 1.82) is 0 Å². The van der Waals surface area contributed by atoms with Crippen LogP contribution in [0.5, 0.6) is 0 Å². The van der Waals surface area contributed by atoms with Crippen molar-refractivity contribution >= 4 is 5.91 Å². The van der Waals surface area contributed by atoms with Crippen molar-refractivity contribution < 1.29 is 14.1 Å². The van der Waals surface area contributed by atoms with E-state index in [2.05, 4.69) is 22.4 Å². The second-order valence-corrected chi connectivity index (χ2v) is 6.07. The van der Waals surface area contributed by atoms with Gasteiger partial charge in [0.15, 0.2) is 0 Å². The number of aromatic nitrogens is 4. The predicted octanol–water partition coefficient (Wildman–Crippen LogP) is -0.454. The molecule has 23 heavy (non-hydrogen) atoms. The first-order valence-corrected chi connectivity index (χ1v) is 8.11. The van der Waals surface area contributed by atoms with Crippen LogP contribution in [0.15, 0.2) is 22.8 Å². The Morgan fingerprint density at radius 3 is 2.91 bits per heavy atom. The molecule has 0 saturated carbocycles. The third-order valence-corrected chi connectivity index (χ3v) is 4.69. The number of carbonyl (C=O) groups is 1. The van der Waals surface area contributed by atoms with Gasteiger partial charge < -0.3 is 15.1 Å². The zero-order chi connectivity index (χ0) is 16.2. The normalized spacial score (nSPS) is 22.8. The predicted molar refractivity (Wildman–Crippen MR) is 81.3 cm³/mol. The molecule has 8 nitrogen and oxygen atoms in total.